The van der Waals surface area contributed by atoms with Crippen LogP contribution in [0.5, 0.6) is 0 Å². The van der Waals surface area contributed by atoms with Crippen LogP contribution in [0.25, 0.3) is 0 Å². The number of halogens is 1. The molecular formula is C18H31IN6O2. The zero-order valence-electron chi connectivity index (χ0n) is 16.9. The van der Waals surface area contributed by atoms with Crippen LogP contribution in [-0.4, -0.2) is 69.5 Å². The zero-order chi connectivity index (χ0) is 18.9. The van der Waals surface area contributed by atoms with E-state index < -0.39 is 5.60 Å². The Labute approximate surface area is 178 Å². The maximum atomic E-state index is 12.3. The highest BCUT2D eigenvalue weighted by molar-refractivity contribution is 14.0. The first-order valence-electron chi connectivity index (χ1n) is 9.31. The van der Waals surface area contributed by atoms with Crippen LogP contribution in [0.15, 0.2) is 11.2 Å². The van der Waals surface area contributed by atoms with Crippen LogP contribution in [0, 0.1) is 0 Å². The summed E-state index contributed by atoms with van der Waals surface area (Å²) >= 11 is 0. The minimum Gasteiger partial charge on any atom is -0.444 e. The number of nitrogens with zero attached hydrogens (tertiary/aromatic N) is 5. The quantitative estimate of drug-likeness (QED) is 0.657. The van der Waals surface area contributed by atoms with Crippen LogP contribution >= 0.6 is 24.0 Å². The van der Waals surface area contributed by atoms with Crippen molar-refractivity contribution in [3.05, 3.63) is 17.5 Å². The van der Waals surface area contributed by atoms with E-state index in [1.807, 2.05) is 32.5 Å². The lowest BCUT2D eigenvalue weighted by Gasteiger charge is -2.39. The summed E-state index contributed by atoms with van der Waals surface area (Å²) in [7, 11) is 1.95. The van der Waals surface area contributed by atoms with Gasteiger partial charge in [-0.1, -0.05) is 6.92 Å². The molecule has 0 bridgehead atoms. The monoisotopic (exact) mass is 490 g/mol. The standard InChI is InChI=1S/C18H30N6O2.HI/c1-6-15-13(11-22(5)21-15)9-19-16-20-10-14-12-23(7-8-24(14)16)17(25)26-18(2,3)4;/h11,14H,6-10,12H2,1-5H3,(H,19,20);1H. The highest BCUT2D eigenvalue weighted by Crippen LogP contribution is 2.19. The Kier molecular flexibility index (Phi) is 6.98. The van der Waals surface area contributed by atoms with Gasteiger partial charge in [0.15, 0.2) is 5.96 Å². The van der Waals surface area contributed by atoms with Gasteiger partial charge in [0, 0.05) is 45.0 Å². The highest BCUT2D eigenvalue weighted by Gasteiger charge is 2.36. The molecule has 1 N–H and O–H groups in total. The van der Waals surface area contributed by atoms with Crippen molar-refractivity contribution in [2.24, 2.45) is 12.0 Å². The van der Waals surface area contributed by atoms with Gasteiger partial charge in [-0.15, -0.1) is 24.0 Å². The predicted octanol–water partition coefficient (Wildman–Crippen LogP) is 1.98. The van der Waals surface area contributed by atoms with E-state index in [1.54, 1.807) is 4.90 Å². The van der Waals surface area contributed by atoms with Crippen LogP contribution < -0.4 is 5.32 Å². The molecule has 1 fully saturated rings. The SMILES string of the molecule is CCc1nn(C)cc1CNC1=NCC2CN(C(=O)OC(C)(C)C)CCN12.I. The summed E-state index contributed by atoms with van der Waals surface area (Å²) in [6.07, 6.45) is 2.74. The summed E-state index contributed by atoms with van der Waals surface area (Å²) in [6.45, 7) is 11.3. The van der Waals surface area contributed by atoms with Crippen molar-refractivity contribution in [1.29, 1.82) is 0 Å². The smallest absolute Gasteiger partial charge is 0.410 e. The fourth-order valence-corrected chi connectivity index (χ4v) is 3.43. The Morgan fingerprint density at radius 2 is 2.11 bits per heavy atom. The zero-order valence-corrected chi connectivity index (χ0v) is 19.2. The van der Waals surface area contributed by atoms with Gasteiger partial charge in [-0.3, -0.25) is 9.67 Å². The maximum Gasteiger partial charge on any atom is 0.410 e. The fourth-order valence-electron chi connectivity index (χ4n) is 3.43. The number of rotatable bonds is 3. The van der Waals surface area contributed by atoms with Crippen molar-refractivity contribution < 1.29 is 9.53 Å². The minimum absolute atomic E-state index is 0. The summed E-state index contributed by atoms with van der Waals surface area (Å²) in [4.78, 5) is 21.0. The Bertz CT molecular complexity index is 697. The lowest BCUT2D eigenvalue weighted by Crippen LogP contribution is -2.57. The average molecular weight is 490 g/mol. The number of carbonyl (C=O) groups is 1. The van der Waals surface area contributed by atoms with E-state index in [-0.39, 0.29) is 36.1 Å². The molecule has 1 saturated heterocycles. The summed E-state index contributed by atoms with van der Waals surface area (Å²) < 4.78 is 7.35. The van der Waals surface area contributed by atoms with Crippen molar-refractivity contribution in [2.45, 2.75) is 52.3 Å². The largest absolute Gasteiger partial charge is 0.444 e. The molecule has 0 aliphatic carbocycles. The van der Waals surface area contributed by atoms with E-state index in [1.165, 1.54) is 5.56 Å². The Morgan fingerprint density at radius 3 is 2.78 bits per heavy atom. The third-order valence-corrected chi connectivity index (χ3v) is 4.62. The predicted molar refractivity (Wildman–Crippen MR) is 115 cm³/mol. The molecule has 1 aromatic rings. The van der Waals surface area contributed by atoms with Crippen LogP contribution in [0.2, 0.25) is 0 Å². The molecular weight excluding hydrogens is 459 g/mol. The molecule has 152 valence electrons. The number of aryl methyl sites for hydroxylation is 2. The van der Waals surface area contributed by atoms with Gasteiger partial charge in [-0.2, -0.15) is 5.10 Å². The number of hydrogen-bond acceptors (Lipinski definition) is 6. The molecule has 2 aliphatic heterocycles. The topological polar surface area (TPSA) is 75.0 Å². The molecule has 1 atom stereocenters. The van der Waals surface area contributed by atoms with E-state index in [0.717, 1.165) is 31.2 Å². The second kappa shape index (κ2) is 8.66. The lowest BCUT2D eigenvalue weighted by molar-refractivity contribution is 0.0137. The number of carbonyl (C=O) groups excluding carboxylic acids is 1. The number of piperazine rings is 1. The molecule has 0 aromatic carbocycles. The molecule has 1 unspecified atom stereocenters. The van der Waals surface area contributed by atoms with E-state index in [9.17, 15) is 4.79 Å². The first-order chi connectivity index (χ1) is 12.3. The average Bonchev–Trinajstić information content (AvgIpc) is 3.13. The molecule has 1 amide bonds. The van der Waals surface area contributed by atoms with Crippen molar-refractivity contribution in [3.8, 4) is 0 Å². The van der Waals surface area contributed by atoms with Gasteiger partial charge >= 0.3 is 6.09 Å². The molecule has 27 heavy (non-hydrogen) atoms. The van der Waals surface area contributed by atoms with Gasteiger partial charge < -0.3 is 19.9 Å². The van der Waals surface area contributed by atoms with Gasteiger partial charge in [0.05, 0.1) is 18.3 Å². The molecule has 3 rings (SSSR count). The first kappa shape index (κ1) is 21.8. The van der Waals surface area contributed by atoms with Crippen LogP contribution in [0.1, 0.15) is 39.0 Å². The first-order valence-corrected chi connectivity index (χ1v) is 9.31. The summed E-state index contributed by atoms with van der Waals surface area (Å²) in [5.74, 6) is 0.921. The summed E-state index contributed by atoms with van der Waals surface area (Å²) in [5.41, 5.74) is 1.85. The molecule has 0 radical (unpaired) electrons. The Morgan fingerprint density at radius 1 is 1.37 bits per heavy atom. The lowest BCUT2D eigenvalue weighted by atomic mass is 10.2. The van der Waals surface area contributed by atoms with E-state index >= 15 is 0 Å². The second-order valence-electron chi connectivity index (χ2n) is 7.92. The Hall–Kier alpha value is -1.52. The Balaban J connectivity index is 0.00000261. The molecule has 2 aliphatic rings. The van der Waals surface area contributed by atoms with Crippen LogP contribution in [0.3, 0.4) is 0 Å². The van der Waals surface area contributed by atoms with Crippen LogP contribution in [0.4, 0.5) is 4.79 Å². The molecule has 9 heteroatoms. The number of amides is 1. The third-order valence-electron chi connectivity index (χ3n) is 4.62. The van der Waals surface area contributed by atoms with E-state index in [2.05, 4.69) is 33.4 Å². The number of nitrogens with one attached hydrogen (secondary N) is 1. The maximum absolute atomic E-state index is 12.3. The van der Waals surface area contributed by atoms with Crippen molar-refractivity contribution >= 4 is 36.0 Å². The van der Waals surface area contributed by atoms with Crippen molar-refractivity contribution in [1.82, 2.24) is 24.9 Å². The second-order valence-corrected chi connectivity index (χ2v) is 7.92. The van der Waals surface area contributed by atoms with E-state index in [0.29, 0.717) is 19.6 Å². The van der Waals surface area contributed by atoms with Gasteiger partial charge in [0.1, 0.15) is 5.60 Å². The number of aromatic nitrogens is 2. The van der Waals surface area contributed by atoms with Gasteiger partial charge in [-0.25, -0.2) is 4.79 Å². The van der Waals surface area contributed by atoms with E-state index in [4.69, 9.17) is 4.74 Å². The number of aliphatic imine (C=N–C) groups is 1. The molecule has 1 aromatic heterocycles. The van der Waals surface area contributed by atoms with Crippen LogP contribution in [-0.2, 0) is 24.8 Å². The highest BCUT2D eigenvalue weighted by atomic mass is 127. The number of fused-ring (bicyclic) bond motifs is 1. The van der Waals surface area contributed by atoms with Gasteiger partial charge in [0.25, 0.3) is 0 Å². The minimum atomic E-state index is -0.464. The fraction of sp³-hybridized carbons (Fsp3) is 0.722. The van der Waals surface area contributed by atoms with Crippen molar-refractivity contribution in [2.75, 3.05) is 26.2 Å². The number of hydrogen-bond donors (Lipinski definition) is 1. The van der Waals surface area contributed by atoms with Crippen molar-refractivity contribution in [3.63, 3.8) is 0 Å². The third kappa shape index (κ3) is 5.26. The molecule has 0 saturated carbocycles. The molecule has 8 nitrogen and oxygen atoms in total. The normalized spacial score (nSPS) is 19.3. The number of ether oxygens (including phenoxy) is 1. The molecule has 3 heterocycles. The molecule has 0 spiro atoms. The summed E-state index contributed by atoms with van der Waals surface area (Å²) in [5, 5.41) is 7.93. The van der Waals surface area contributed by atoms with Gasteiger partial charge in [0.2, 0.25) is 0 Å². The summed E-state index contributed by atoms with van der Waals surface area (Å²) in [6, 6.07) is 0.221. The number of guanidine groups is 1. The van der Waals surface area contributed by atoms with Gasteiger partial charge in [-0.05, 0) is 27.2 Å².